The monoisotopic (exact) mass is 837 g/mol. The number of carbonyl (C=O) groups is 1. The zero-order valence-electron chi connectivity index (χ0n) is 29.9. The molecule has 4 aromatic rings. The molecule has 0 saturated heterocycles. The summed E-state index contributed by atoms with van der Waals surface area (Å²) in [6.45, 7) is 13.5. The number of rotatable bonds is 7. The third-order valence-corrected chi connectivity index (χ3v) is 12.2. The van der Waals surface area contributed by atoms with Crippen LogP contribution in [0.3, 0.4) is 0 Å². The van der Waals surface area contributed by atoms with Gasteiger partial charge in [0.2, 0.25) is 0 Å². The summed E-state index contributed by atoms with van der Waals surface area (Å²) in [5.74, 6) is 1.56. The maximum Gasteiger partial charge on any atom is 0.164 e. The zero-order chi connectivity index (χ0) is 33.6. The minimum absolute atomic E-state index is 0. The average Bonchev–Trinajstić information content (AvgIpc) is 3.11. The van der Waals surface area contributed by atoms with Gasteiger partial charge in [0.05, 0.1) is 13.6 Å². The molecule has 3 aromatic carbocycles. The number of fused-ring (bicyclic) bond motifs is 1. The molecule has 0 spiro atoms. The summed E-state index contributed by atoms with van der Waals surface area (Å²) in [5.41, 5.74) is 7.67. The van der Waals surface area contributed by atoms with Gasteiger partial charge in [0.25, 0.3) is 0 Å². The van der Waals surface area contributed by atoms with E-state index in [2.05, 4.69) is 106 Å². The number of pyridine rings is 1. The number of aliphatic hydroxyl groups is 1. The van der Waals surface area contributed by atoms with Crippen molar-refractivity contribution in [1.82, 2.24) is 4.98 Å². The molecule has 1 radical (unpaired) electrons. The van der Waals surface area contributed by atoms with Gasteiger partial charge in [-0.3, -0.25) is 9.78 Å². The van der Waals surface area contributed by atoms with E-state index in [1.807, 2.05) is 13.0 Å². The first kappa shape index (κ1) is 38.0. The van der Waals surface area contributed by atoms with E-state index in [1.165, 1.54) is 65.8 Å². The molecular weight excluding hydrogens is 783 g/mol. The Hall–Kier alpha value is -2.85. The molecule has 2 saturated carbocycles. The Labute approximate surface area is 304 Å². The first-order valence-electron chi connectivity index (χ1n) is 18.0. The molecule has 1 heterocycles. The molecule has 0 unspecified atom stereocenters. The zero-order valence-corrected chi connectivity index (χ0v) is 33.3. The van der Waals surface area contributed by atoms with Gasteiger partial charge in [0.1, 0.15) is 5.76 Å². The van der Waals surface area contributed by atoms with Gasteiger partial charge in [-0.25, -0.2) is 0 Å². The van der Waals surface area contributed by atoms with Crippen LogP contribution < -0.4 is 5.19 Å². The summed E-state index contributed by atoms with van der Waals surface area (Å²) in [6, 6.07) is 29.5. The Bertz CT molecular complexity index is 1690. The van der Waals surface area contributed by atoms with Gasteiger partial charge in [0, 0.05) is 37.5 Å². The van der Waals surface area contributed by atoms with E-state index in [0.717, 1.165) is 42.5 Å². The fourth-order valence-corrected chi connectivity index (χ4v) is 8.88. The van der Waals surface area contributed by atoms with E-state index in [9.17, 15) is 9.90 Å². The number of benzene rings is 3. The van der Waals surface area contributed by atoms with Crippen LogP contribution in [0.1, 0.15) is 96.5 Å². The smallest absolute Gasteiger partial charge is 0.164 e. The molecule has 48 heavy (non-hydrogen) atoms. The SMILES string of the molecule is C/C(C(=O)C1CCCCC1)=C(/O)C1CCCCC1.CC(C)c1cc[c-]c(-c2ccc3cc([Si](C)(C)C)c(-c4ccccc4)cc3n2)c1.[Ir]. The molecule has 5 heteroatoms. The van der Waals surface area contributed by atoms with Crippen molar-refractivity contribution in [2.45, 2.75) is 111 Å². The Morgan fingerprint density at radius 2 is 1.46 bits per heavy atom. The van der Waals surface area contributed by atoms with E-state index >= 15 is 0 Å². The van der Waals surface area contributed by atoms with E-state index < -0.39 is 8.07 Å². The molecule has 3 nitrogen and oxygen atoms in total. The normalized spacial score (nSPS) is 16.5. The molecular formula is C43H54IrNO2Si-. The Balaban J connectivity index is 0.000000236. The molecule has 2 aliphatic carbocycles. The van der Waals surface area contributed by atoms with E-state index in [0.29, 0.717) is 17.3 Å². The van der Waals surface area contributed by atoms with Crippen molar-refractivity contribution in [3.05, 3.63) is 95.8 Å². The van der Waals surface area contributed by atoms with Gasteiger partial charge >= 0.3 is 0 Å². The first-order valence-corrected chi connectivity index (χ1v) is 21.5. The van der Waals surface area contributed by atoms with Crippen LogP contribution >= 0.6 is 0 Å². The number of aliphatic hydroxyl groups excluding tert-OH is 1. The quantitative estimate of drug-likeness (QED) is 0.0873. The molecule has 1 aromatic heterocycles. The van der Waals surface area contributed by atoms with Crippen molar-refractivity contribution in [1.29, 1.82) is 0 Å². The van der Waals surface area contributed by atoms with Crippen molar-refractivity contribution < 1.29 is 30.0 Å². The average molecular weight is 837 g/mol. The number of hydrogen-bond donors (Lipinski definition) is 1. The fraction of sp³-hybridized carbons (Fsp3) is 0.442. The predicted molar refractivity (Wildman–Crippen MR) is 202 cm³/mol. The van der Waals surface area contributed by atoms with Crippen LogP contribution in [0.25, 0.3) is 33.3 Å². The van der Waals surface area contributed by atoms with Gasteiger partial charge in [-0.05, 0) is 66.8 Å². The molecule has 2 aliphatic rings. The first-order chi connectivity index (χ1) is 22.5. The van der Waals surface area contributed by atoms with Gasteiger partial charge in [-0.15, -0.1) is 35.4 Å². The summed E-state index contributed by atoms with van der Waals surface area (Å²) in [6.07, 6.45) is 11.4. The van der Waals surface area contributed by atoms with Crippen molar-refractivity contribution in [2.24, 2.45) is 11.8 Å². The molecule has 0 amide bonds. The van der Waals surface area contributed by atoms with Crippen LogP contribution in [0.4, 0.5) is 0 Å². The molecule has 6 rings (SSSR count). The predicted octanol–water partition coefficient (Wildman–Crippen LogP) is 11.6. The van der Waals surface area contributed by atoms with Gasteiger partial charge in [0.15, 0.2) is 5.78 Å². The van der Waals surface area contributed by atoms with Crippen LogP contribution in [0.5, 0.6) is 0 Å². The van der Waals surface area contributed by atoms with Crippen LogP contribution in [0.15, 0.2) is 84.1 Å². The van der Waals surface area contributed by atoms with Gasteiger partial charge in [-0.1, -0.05) is 126 Å². The topological polar surface area (TPSA) is 50.2 Å². The van der Waals surface area contributed by atoms with Crippen LogP contribution in [-0.2, 0) is 24.9 Å². The molecule has 2 fully saturated rings. The fourth-order valence-electron chi connectivity index (χ4n) is 7.27. The van der Waals surface area contributed by atoms with E-state index in [4.69, 9.17) is 4.98 Å². The number of aromatic nitrogens is 1. The standard InChI is InChI=1S/C27H28NSi.C16H26O2.Ir/c1-19(2)21-12-9-13-22(16-21)25-15-14-23-17-27(29(3,4)5)24(18-26(23)28-25)20-10-7-6-8-11-20;1-12(15(17)13-8-4-2-5-9-13)16(18)14-10-6-3-7-11-14;/h6-12,14-19H,1-5H3;13-14,17H,2-11H2,1H3;/q-1;;/b;15-12-;. The van der Waals surface area contributed by atoms with E-state index in [-0.39, 0.29) is 37.7 Å². The van der Waals surface area contributed by atoms with Crippen molar-refractivity contribution in [2.75, 3.05) is 0 Å². The van der Waals surface area contributed by atoms with Crippen LogP contribution in [0.2, 0.25) is 19.6 Å². The van der Waals surface area contributed by atoms with Crippen molar-refractivity contribution >= 4 is 29.9 Å². The molecule has 0 aliphatic heterocycles. The third kappa shape index (κ3) is 9.43. The van der Waals surface area contributed by atoms with Crippen molar-refractivity contribution in [3.8, 4) is 22.4 Å². The number of carbonyl (C=O) groups excluding carboxylic acids is 1. The third-order valence-electron chi connectivity index (χ3n) is 10.2. The van der Waals surface area contributed by atoms with E-state index in [1.54, 1.807) is 0 Å². The van der Waals surface area contributed by atoms with Crippen LogP contribution in [0, 0.1) is 17.9 Å². The molecule has 0 bridgehead atoms. The minimum Gasteiger partial charge on any atom is -0.512 e. The Kier molecular flexibility index (Phi) is 13.6. The maximum absolute atomic E-state index is 12.4. The second-order valence-electron chi connectivity index (χ2n) is 15.1. The van der Waals surface area contributed by atoms with Gasteiger partial charge < -0.3 is 5.11 Å². The Morgan fingerprint density at radius 1 is 0.833 bits per heavy atom. The summed E-state index contributed by atoms with van der Waals surface area (Å²) in [5, 5.41) is 13.0. The summed E-state index contributed by atoms with van der Waals surface area (Å²) in [7, 11) is -1.51. The van der Waals surface area contributed by atoms with Crippen molar-refractivity contribution in [3.63, 3.8) is 0 Å². The summed E-state index contributed by atoms with van der Waals surface area (Å²) < 4.78 is 0. The number of Topliss-reactive ketones (excluding diaryl/α,β-unsaturated/α-hetero) is 1. The maximum atomic E-state index is 12.4. The van der Waals surface area contributed by atoms with Crippen LogP contribution in [-0.4, -0.2) is 23.9 Å². The molecule has 257 valence electrons. The second-order valence-corrected chi connectivity index (χ2v) is 20.2. The number of ketones is 1. The van der Waals surface area contributed by atoms with Gasteiger partial charge in [-0.2, -0.15) is 0 Å². The summed E-state index contributed by atoms with van der Waals surface area (Å²) >= 11 is 0. The summed E-state index contributed by atoms with van der Waals surface area (Å²) in [4.78, 5) is 17.4. The number of nitrogens with zero attached hydrogens (tertiary/aromatic N) is 1. The second kappa shape index (κ2) is 17.2. The largest absolute Gasteiger partial charge is 0.512 e. The molecule has 0 atom stereocenters. The minimum atomic E-state index is -1.51. The number of allylic oxidation sites excluding steroid dienone is 2. The number of hydrogen-bond acceptors (Lipinski definition) is 3. The Morgan fingerprint density at radius 3 is 2.06 bits per heavy atom. The molecule has 1 N–H and O–H groups in total.